The highest BCUT2D eigenvalue weighted by Crippen LogP contribution is 2.27. The third-order valence-electron chi connectivity index (χ3n) is 3.48. The molecule has 1 atom stereocenters. The van der Waals surface area contributed by atoms with Crippen LogP contribution in [0, 0.1) is 0 Å². The predicted molar refractivity (Wildman–Crippen MR) is 86.2 cm³/mol. The average molecular weight is 410 g/mol. The maximum absolute atomic E-state index is 12.5. The van der Waals surface area contributed by atoms with Crippen LogP contribution in [0.2, 0.25) is 5.02 Å². The first kappa shape index (κ1) is 15.3. The number of alkyl halides is 1. The van der Waals surface area contributed by atoms with E-state index in [1.54, 1.807) is 6.07 Å². The van der Waals surface area contributed by atoms with Gasteiger partial charge in [0.15, 0.2) is 0 Å². The Hall–Kier alpha value is -0.0600. The molecule has 0 saturated carbocycles. The number of nitrogens with zero attached hydrogens (tertiary/aromatic N) is 1. The summed E-state index contributed by atoms with van der Waals surface area (Å²) in [6, 6.07) is 5.79. The van der Waals surface area contributed by atoms with Crippen molar-refractivity contribution in [2.75, 3.05) is 11.9 Å². The highest BCUT2D eigenvalue weighted by atomic mass is 79.9. The molecule has 5 heteroatoms. The second-order valence-corrected chi connectivity index (χ2v) is 6.81. The van der Waals surface area contributed by atoms with E-state index < -0.39 is 0 Å². The molecule has 1 saturated heterocycles. The number of benzene rings is 1. The van der Waals surface area contributed by atoms with Crippen LogP contribution in [-0.4, -0.2) is 28.7 Å². The molecule has 0 bridgehead atoms. The highest BCUT2D eigenvalue weighted by molar-refractivity contribution is 9.10. The molecule has 1 fully saturated rings. The summed E-state index contributed by atoms with van der Waals surface area (Å²) in [6.07, 6.45) is 4.39. The van der Waals surface area contributed by atoms with E-state index >= 15 is 0 Å². The van der Waals surface area contributed by atoms with Crippen LogP contribution in [0.15, 0.2) is 22.7 Å². The first-order chi connectivity index (χ1) is 9.13. The van der Waals surface area contributed by atoms with Gasteiger partial charge in [0, 0.05) is 28.0 Å². The van der Waals surface area contributed by atoms with Crippen LogP contribution >= 0.6 is 43.5 Å². The molecule has 0 aromatic heterocycles. The molecule has 0 radical (unpaired) electrons. The maximum Gasteiger partial charge on any atom is 0.254 e. The number of carbonyl (C=O) groups is 1. The zero-order valence-electron chi connectivity index (χ0n) is 10.5. The molecule has 2 rings (SSSR count). The van der Waals surface area contributed by atoms with Gasteiger partial charge in [-0.05, 0) is 59.8 Å². The Morgan fingerprint density at radius 1 is 1.47 bits per heavy atom. The van der Waals surface area contributed by atoms with Crippen LogP contribution in [0.25, 0.3) is 0 Å². The SMILES string of the molecule is O=C(c1ccc(Br)c(Cl)c1)N1CCCC1CCCBr. The first-order valence-corrected chi connectivity index (χ1v) is 8.74. The molecule has 19 heavy (non-hydrogen) atoms. The van der Waals surface area contributed by atoms with E-state index in [0.717, 1.165) is 42.0 Å². The first-order valence-electron chi connectivity index (χ1n) is 6.45. The second kappa shape index (κ2) is 7.09. The number of amides is 1. The zero-order valence-corrected chi connectivity index (χ0v) is 14.5. The van der Waals surface area contributed by atoms with Gasteiger partial charge in [0.05, 0.1) is 5.02 Å². The minimum absolute atomic E-state index is 0.103. The Kier molecular flexibility index (Phi) is 5.72. The third-order valence-corrected chi connectivity index (χ3v) is 5.27. The molecule has 1 aliphatic rings. The predicted octanol–water partition coefficient (Wildman–Crippen LogP) is 4.88. The Bertz CT molecular complexity index is 467. The molecule has 1 unspecified atom stereocenters. The van der Waals surface area contributed by atoms with E-state index in [1.165, 1.54) is 0 Å². The van der Waals surface area contributed by atoms with Crippen LogP contribution < -0.4 is 0 Å². The number of carbonyl (C=O) groups excluding carboxylic acids is 1. The quantitative estimate of drug-likeness (QED) is 0.649. The van der Waals surface area contributed by atoms with E-state index in [-0.39, 0.29) is 5.91 Å². The van der Waals surface area contributed by atoms with Crippen molar-refractivity contribution in [2.45, 2.75) is 31.7 Å². The van der Waals surface area contributed by atoms with Crippen molar-refractivity contribution in [2.24, 2.45) is 0 Å². The van der Waals surface area contributed by atoms with E-state index in [2.05, 4.69) is 31.9 Å². The number of hydrogen-bond donors (Lipinski definition) is 0. The minimum atomic E-state index is 0.103. The maximum atomic E-state index is 12.5. The lowest BCUT2D eigenvalue weighted by Crippen LogP contribution is -2.35. The smallest absolute Gasteiger partial charge is 0.254 e. The molecule has 0 spiro atoms. The summed E-state index contributed by atoms with van der Waals surface area (Å²) in [7, 11) is 0. The summed E-state index contributed by atoms with van der Waals surface area (Å²) in [4.78, 5) is 14.5. The Labute approximate surface area is 135 Å². The molecular formula is C14H16Br2ClNO. The van der Waals surface area contributed by atoms with Crippen molar-refractivity contribution in [1.82, 2.24) is 4.90 Å². The summed E-state index contributed by atoms with van der Waals surface area (Å²) < 4.78 is 0.822. The number of halogens is 3. The summed E-state index contributed by atoms with van der Waals surface area (Å²) >= 11 is 12.9. The molecule has 1 aromatic carbocycles. The van der Waals surface area contributed by atoms with Gasteiger partial charge in [0.25, 0.3) is 5.91 Å². The molecule has 104 valence electrons. The van der Waals surface area contributed by atoms with Crippen LogP contribution in [-0.2, 0) is 0 Å². The van der Waals surface area contributed by atoms with Crippen LogP contribution in [0.4, 0.5) is 0 Å². The van der Waals surface area contributed by atoms with E-state index in [4.69, 9.17) is 11.6 Å². The second-order valence-electron chi connectivity index (χ2n) is 4.75. The topological polar surface area (TPSA) is 20.3 Å². The fourth-order valence-electron chi connectivity index (χ4n) is 2.51. The largest absolute Gasteiger partial charge is 0.336 e. The lowest BCUT2D eigenvalue weighted by atomic mass is 10.1. The van der Waals surface area contributed by atoms with Crippen LogP contribution in [0.1, 0.15) is 36.0 Å². The monoisotopic (exact) mass is 407 g/mol. The van der Waals surface area contributed by atoms with Crippen molar-refractivity contribution in [1.29, 1.82) is 0 Å². The van der Waals surface area contributed by atoms with Gasteiger partial charge in [-0.1, -0.05) is 27.5 Å². The zero-order chi connectivity index (χ0) is 13.8. The van der Waals surface area contributed by atoms with Gasteiger partial charge >= 0.3 is 0 Å². The van der Waals surface area contributed by atoms with Crippen LogP contribution in [0.3, 0.4) is 0 Å². The van der Waals surface area contributed by atoms with Crippen LogP contribution in [0.5, 0.6) is 0 Å². The van der Waals surface area contributed by atoms with Gasteiger partial charge in [-0.25, -0.2) is 0 Å². The summed E-state index contributed by atoms with van der Waals surface area (Å²) in [5.74, 6) is 0.103. The van der Waals surface area contributed by atoms with Gasteiger partial charge in [-0.3, -0.25) is 4.79 Å². The van der Waals surface area contributed by atoms with Crippen molar-refractivity contribution in [3.8, 4) is 0 Å². The van der Waals surface area contributed by atoms with Crippen molar-refractivity contribution < 1.29 is 4.79 Å². The van der Waals surface area contributed by atoms with Gasteiger partial charge < -0.3 is 4.90 Å². The summed E-state index contributed by atoms with van der Waals surface area (Å²) in [5, 5.41) is 1.58. The molecule has 1 aliphatic heterocycles. The highest BCUT2D eigenvalue weighted by Gasteiger charge is 2.28. The molecule has 1 amide bonds. The lowest BCUT2D eigenvalue weighted by Gasteiger charge is -2.24. The third kappa shape index (κ3) is 3.73. The van der Waals surface area contributed by atoms with E-state index in [1.807, 2.05) is 17.0 Å². The van der Waals surface area contributed by atoms with Crippen molar-refractivity contribution >= 4 is 49.4 Å². The van der Waals surface area contributed by atoms with Gasteiger partial charge in [0.1, 0.15) is 0 Å². The Morgan fingerprint density at radius 3 is 2.95 bits per heavy atom. The van der Waals surface area contributed by atoms with Crippen molar-refractivity contribution in [3.05, 3.63) is 33.3 Å². The molecule has 0 aliphatic carbocycles. The van der Waals surface area contributed by atoms with Gasteiger partial charge in [0.2, 0.25) is 0 Å². The standard InChI is InChI=1S/C14H16Br2ClNO/c15-7-1-3-11-4-2-8-18(11)14(19)10-5-6-12(16)13(17)9-10/h5-6,9,11H,1-4,7-8H2. The fourth-order valence-corrected chi connectivity index (χ4v) is 3.26. The van der Waals surface area contributed by atoms with E-state index in [0.29, 0.717) is 16.6 Å². The van der Waals surface area contributed by atoms with Gasteiger partial charge in [-0.15, -0.1) is 0 Å². The molecule has 1 heterocycles. The van der Waals surface area contributed by atoms with Gasteiger partial charge in [-0.2, -0.15) is 0 Å². The molecule has 1 aromatic rings. The minimum Gasteiger partial charge on any atom is -0.336 e. The normalized spacial score (nSPS) is 18.9. The molecular weight excluding hydrogens is 393 g/mol. The fraction of sp³-hybridized carbons (Fsp3) is 0.500. The Morgan fingerprint density at radius 2 is 2.26 bits per heavy atom. The lowest BCUT2D eigenvalue weighted by molar-refractivity contribution is 0.0730. The van der Waals surface area contributed by atoms with E-state index in [9.17, 15) is 4.79 Å². The summed E-state index contributed by atoms with van der Waals surface area (Å²) in [5.41, 5.74) is 0.680. The molecule has 0 N–H and O–H groups in total. The van der Waals surface area contributed by atoms with Crippen molar-refractivity contribution in [3.63, 3.8) is 0 Å². The average Bonchev–Trinajstić information content (AvgIpc) is 2.87. The summed E-state index contributed by atoms with van der Waals surface area (Å²) in [6.45, 7) is 0.861. The molecule has 2 nitrogen and oxygen atoms in total. The Balaban J connectivity index is 2.11. The number of hydrogen-bond acceptors (Lipinski definition) is 1. The number of likely N-dealkylation sites (tertiary alicyclic amines) is 1. The number of rotatable bonds is 4.